The molecule has 1 aromatic carbocycles. The Hall–Kier alpha value is -1.89. The second-order valence-corrected chi connectivity index (χ2v) is 6.63. The molecule has 0 aromatic heterocycles. The summed E-state index contributed by atoms with van der Waals surface area (Å²) in [4.78, 5) is 26.3. The van der Waals surface area contributed by atoms with Crippen molar-refractivity contribution in [2.75, 3.05) is 36.0 Å². The van der Waals surface area contributed by atoms with Crippen LogP contribution in [0.4, 0.5) is 10.5 Å². The molecule has 2 amide bonds. The molecule has 1 saturated heterocycles. The minimum atomic E-state index is -1.07. The Morgan fingerprint density at radius 2 is 1.81 bits per heavy atom. The number of anilines is 1. The molecule has 2 rings (SSSR count). The average Bonchev–Trinajstić information content (AvgIpc) is 2.46. The molecule has 1 aliphatic heterocycles. The molecule has 0 aliphatic carbocycles. The monoisotopic (exact) mass is 310 g/mol. The van der Waals surface area contributed by atoms with E-state index in [2.05, 4.69) is 0 Å². The summed E-state index contributed by atoms with van der Waals surface area (Å²) in [7, 11) is -0.878. The number of urea groups is 1. The van der Waals surface area contributed by atoms with E-state index in [1.807, 2.05) is 19.1 Å². The number of carboxylic acids is 1. The van der Waals surface area contributed by atoms with Crippen molar-refractivity contribution < 1.29 is 18.9 Å². The molecular weight excluding hydrogens is 292 g/mol. The summed E-state index contributed by atoms with van der Waals surface area (Å²) in [6.45, 7) is 2.33. The molecule has 6 nitrogen and oxygen atoms in total. The van der Waals surface area contributed by atoms with Crippen molar-refractivity contribution in [1.82, 2.24) is 4.90 Å². The molecule has 0 unspecified atom stereocenters. The molecule has 114 valence electrons. The van der Waals surface area contributed by atoms with Crippen molar-refractivity contribution >= 4 is 28.5 Å². The summed E-state index contributed by atoms with van der Waals surface area (Å²) in [5.41, 5.74) is 1.59. The normalized spacial score (nSPS) is 15.8. The molecule has 1 N–H and O–H groups in total. The first kappa shape index (κ1) is 15.5. The van der Waals surface area contributed by atoms with Gasteiger partial charge in [-0.05, 0) is 19.1 Å². The minimum Gasteiger partial charge on any atom is -0.480 e. The number of carbonyl (C=O) groups excluding carboxylic acids is 1. The van der Waals surface area contributed by atoms with Crippen molar-refractivity contribution in [3.05, 3.63) is 29.8 Å². The number of carboxylic acid groups (broad SMARTS) is 1. The average molecular weight is 310 g/mol. The summed E-state index contributed by atoms with van der Waals surface area (Å²) in [6.07, 6.45) is 0. The highest BCUT2D eigenvalue weighted by atomic mass is 32.2. The van der Waals surface area contributed by atoms with Gasteiger partial charge in [0.2, 0.25) is 0 Å². The minimum absolute atomic E-state index is 0.349. The number of amides is 2. The van der Waals surface area contributed by atoms with Gasteiger partial charge >= 0.3 is 12.0 Å². The van der Waals surface area contributed by atoms with Crippen LogP contribution in [0.25, 0.3) is 0 Å². The molecule has 0 atom stereocenters. The van der Waals surface area contributed by atoms with E-state index in [0.717, 1.165) is 5.56 Å². The fraction of sp³-hybridized carbons (Fsp3) is 0.429. The van der Waals surface area contributed by atoms with Crippen LogP contribution in [-0.2, 0) is 15.6 Å². The van der Waals surface area contributed by atoms with Crippen LogP contribution in [-0.4, -0.2) is 57.4 Å². The highest BCUT2D eigenvalue weighted by molar-refractivity contribution is 7.85. The lowest BCUT2D eigenvalue weighted by molar-refractivity contribution is -0.135. The van der Waals surface area contributed by atoms with E-state index in [9.17, 15) is 13.8 Å². The van der Waals surface area contributed by atoms with Gasteiger partial charge in [0.15, 0.2) is 0 Å². The number of nitrogens with zero attached hydrogens (tertiary/aromatic N) is 2. The van der Waals surface area contributed by atoms with Crippen molar-refractivity contribution in [2.45, 2.75) is 6.92 Å². The fourth-order valence-electron chi connectivity index (χ4n) is 2.13. The number of hydrogen-bond acceptors (Lipinski definition) is 3. The maximum absolute atomic E-state index is 12.5. The highest BCUT2D eigenvalue weighted by Crippen LogP contribution is 2.17. The third-order valence-corrected chi connectivity index (χ3v) is 4.59. The Labute approximate surface area is 125 Å². The van der Waals surface area contributed by atoms with Crippen LogP contribution in [0.2, 0.25) is 0 Å². The van der Waals surface area contributed by atoms with E-state index in [1.54, 1.807) is 17.0 Å². The van der Waals surface area contributed by atoms with Gasteiger partial charge in [-0.15, -0.1) is 0 Å². The smallest absolute Gasteiger partial charge is 0.325 e. The molecule has 0 bridgehead atoms. The zero-order chi connectivity index (χ0) is 15.4. The Morgan fingerprint density at radius 3 is 2.33 bits per heavy atom. The second kappa shape index (κ2) is 6.71. The Balaban J connectivity index is 2.18. The van der Waals surface area contributed by atoms with Gasteiger partial charge in [-0.25, -0.2) is 4.79 Å². The maximum atomic E-state index is 12.5. The molecule has 1 aromatic rings. The quantitative estimate of drug-likeness (QED) is 0.906. The van der Waals surface area contributed by atoms with Crippen molar-refractivity contribution in [2.24, 2.45) is 0 Å². The lowest BCUT2D eigenvalue weighted by atomic mass is 10.2. The summed E-state index contributed by atoms with van der Waals surface area (Å²) in [5, 5.41) is 9.03. The van der Waals surface area contributed by atoms with Gasteiger partial charge < -0.3 is 10.0 Å². The van der Waals surface area contributed by atoms with Gasteiger partial charge in [0.05, 0.1) is 0 Å². The Kier molecular flexibility index (Phi) is 4.95. The van der Waals surface area contributed by atoms with Gasteiger partial charge in [0, 0.05) is 41.1 Å². The lowest BCUT2D eigenvalue weighted by Crippen LogP contribution is -2.50. The Morgan fingerprint density at radius 1 is 1.24 bits per heavy atom. The standard InChI is InChI=1S/C14H18N2O4S/c1-11-2-4-12(5-3-11)16(10-13(17)18)14(19)15-6-8-21(20)9-7-15/h2-5H,6-10H2,1H3,(H,17,18). The third-order valence-electron chi connectivity index (χ3n) is 3.32. The number of aliphatic carboxylic acids is 1. The number of hydrogen-bond donors (Lipinski definition) is 1. The van der Waals surface area contributed by atoms with E-state index in [1.165, 1.54) is 4.90 Å². The first-order valence-corrected chi connectivity index (χ1v) is 8.16. The van der Waals surface area contributed by atoms with Crippen LogP contribution in [0.3, 0.4) is 0 Å². The van der Waals surface area contributed by atoms with Crippen molar-refractivity contribution in [1.29, 1.82) is 0 Å². The third kappa shape index (κ3) is 4.04. The summed E-state index contributed by atoms with van der Waals surface area (Å²) >= 11 is 0. The van der Waals surface area contributed by atoms with Gasteiger partial charge in [0.25, 0.3) is 0 Å². The van der Waals surface area contributed by atoms with E-state index in [0.29, 0.717) is 30.3 Å². The van der Waals surface area contributed by atoms with E-state index in [4.69, 9.17) is 5.11 Å². The molecule has 7 heteroatoms. The molecule has 1 fully saturated rings. The summed E-state index contributed by atoms with van der Waals surface area (Å²) < 4.78 is 11.4. The predicted octanol–water partition coefficient (Wildman–Crippen LogP) is 1.07. The van der Waals surface area contributed by atoms with Gasteiger partial charge in [-0.1, -0.05) is 17.7 Å². The van der Waals surface area contributed by atoms with Crippen molar-refractivity contribution in [3.63, 3.8) is 0 Å². The van der Waals surface area contributed by atoms with Gasteiger partial charge in [-0.2, -0.15) is 0 Å². The van der Waals surface area contributed by atoms with E-state index >= 15 is 0 Å². The van der Waals surface area contributed by atoms with Crippen LogP contribution in [0.5, 0.6) is 0 Å². The molecule has 1 aliphatic rings. The first-order chi connectivity index (χ1) is 9.97. The number of rotatable bonds is 3. The number of aryl methyl sites for hydroxylation is 1. The van der Waals surface area contributed by atoms with Gasteiger partial charge in [0.1, 0.15) is 6.54 Å². The number of carbonyl (C=O) groups is 2. The topological polar surface area (TPSA) is 77.9 Å². The van der Waals surface area contributed by atoms with Crippen LogP contribution < -0.4 is 4.90 Å². The lowest BCUT2D eigenvalue weighted by Gasteiger charge is -2.32. The highest BCUT2D eigenvalue weighted by Gasteiger charge is 2.27. The summed E-state index contributed by atoms with van der Waals surface area (Å²) in [5.74, 6) is -0.175. The predicted molar refractivity (Wildman–Crippen MR) is 81.0 cm³/mol. The fourth-order valence-corrected chi connectivity index (χ4v) is 3.18. The number of benzene rings is 1. The molecule has 1 heterocycles. The molecular formula is C14H18N2O4S. The van der Waals surface area contributed by atoms with Crippen LogP contribution in [0.15, 0.2) is 24.3 Å². The molecule has 0 radical (unpaired) electrons. The largest absolute Gasteiger partial charge is 0.480 e. The zero-order valence-corrected chi connectivity index (χ0v) is 12.6. The van der Waals surface area contributed by atoms with Crippen LogP contribution >= 0.6 is 0 Å². The van der Waals surface area contributed by atoms with Crippen molar-refractivity contribution in [3.8, 4) is 0 Å². The zero-order valence-electron chi connectivity index (χ0n) is 11.8. The van der Waals surface area contributed by atoms with E-state index in [-0.39, 0.29) is 12.6 Å². The maximum Gasteiger partial charge on any atom is 0.325 e. The molecule has 21 heavy (non-hydrogen) atoms. The van der Waals surface area contributed by atoms with E-state index < -0.39 is 16.8 Å². The van der Waals surface area contributed by atoms with Gasteiger partial charge in [-0.3, -0.25) is 13.9 Å². The summed E-state index contributed by atoms with van der Waals surface area (Å²) in [6, 6.07) is 6.79. The molecule has 0 spiro atoms. The molecule has 0 saturated carbocycles. The SMILES string of the molecule is Cc1ccc(N(CC(=O)O)C(=O)N2CCS(=O)CC2)cc1. The second-order valence-electron chi connectivity index (χ2n) is 4.93. The first-order valence-electron chi connectivity index (χ1n) is 6.67. The van der Waals surface area contributed by atoms with Crippen LogP contribution in [0, 0.1) is 6.92 Å². The Bertz CT molecular complexity index is 549. The van der Waals surface area contributed by atoms with Crippen LogP contribution in [0.1, 0.15) is 5.56 Å².